The van der Waals surface area contributed by atoms with E-state index in [-0.39, 0.29) is 11.6 Å². The minimum absolute atomic E-state index is 0.275. The number of hydrogen-bond acceptors (Lipinski definition) is 2. The highest BCUT2D eigenvalue weighted by atomic mass is 19.1. The van der Waals surface area contributed by atoms with Gasteiger partial charge in [-0.25, -0.2) is 4.39 Å². The van der Waals surface area contributed by atoms with Crippen molar-refractivity contribution in [2.75, 3.05) is 7.11 Å². The van der Waals surface area contributed by atoms with Crippen LogP contribution in [0.3, 0.4) is 0 Å². The van der Waals surface area contributed by atoms with Gasteiger partial charge in [0.05, 0.1) is 18.6 Å². The van der Waals surface area contributed by atoms with E-state index in [1.165, 1.54) is 7.11 Å². The fraction of sp³-hybridized carbons (Fsp3) is 0.462. The van der Waals surface area contributed by atoms with Gasteiger partial charge < -0.3 is 4.74 Å². The molecule has 0 radical (unpaired) electrons. The van der Waals surface area contributed by atoms with Crippen LogP contribution in [0.5, 0.6) is 5.75 Å². The zero-order valence-corrected chi connectivity index (χ0v) is 9.72. The monoisotopic (exact) mass is 219 g/mol. The standard InChI is InChI=1S/C13H14FNO/c1-8-6-10(13(7-15)4-5-13)9(2)12(16-3)11(8)14/h6H,4-5H2,1-3H3. The van der Waals surface area contributed by atoms with Crippen LogP contribution in [-0.2, 0) is 5.41 Å². The van der Waals surface area contributed by atoms with Crippen molar-refractivity contribution in [2.24, 2.45) is 0 Å². The van der Waals surface area contributed by atoms with E-state index in [4.69, 9.17) is 4.74 Å². The van der Waals surface area contributed by atoms with Gasteiger partial charge in [0, 0.05) is 0 Å². The molecule has 0 bridgehead atoms. The van der Waals surface area contributed by atoms with Crippen LogP contribution in [0, 0.1) is 31.0 Å². The highest BCUT2D eigenvalue weighted by Crippen LogP contribution is 2.50. The molecule has 1 aliphatic rings. The van der Waals surface area contributed by atoms with Crippen LogP contribution in [0.25, 0.3) is 0 Å². The molecule has 1 aromatic carbocycles. The lowest BCUT2D eigenvalue weighted by atomic mass is 9.91. The number of nitrogens with zero attached hydrogens (tertiary/aromatic N) is 1. The number of rotatable bonds is 2. The van der Waals surface area contributed by atoms with Crippen molar-refractivity contribution in [1.29, 1.82) is 5.26 Å². The summed E-state index contributed by atoms with van der Waals surface area (Å²) in [6, 6.07) is 4.11. The maximum atomic E-state index is 13.7. The minimum Gasteiger partial charge on any atom is -0.493 e. The third-order valence-corrected chi connectivity index (χ3v) is 3.33. The molecular formula is C13H14FNO. The molecule has 0 unspecified atom stereocenters. The number of aryl methyl sites for hydroxylation is 1. The average molecular weight is 219 g/mol. The molecule has 1 aliphatic carbocycles. The predicted molar refractivity (Wildman–Crippen MR) is 59.0 cm³/mol. The molecule has 0 saturated heterocycles. The summed E-state index contributed by atoms with van der Waals surface area (Å²) in [4.78, 5) is 0. The summed E-state index contributed by atoms with van der Waals surface area (Å²) in [5.41, 5.74) is 1.82. The molecule has 0 spiro atoms. The maximum Gasteiger partial charge on any atom is 0.168 e. The van der Waals surface area contributed by atoms with E-state index in [0.717, 1.165) is 24.0 Å². The first kappa shape index (κ1) is 10.9. The molecule has 0 aromatic heterocycles. The number of nitriles is 1. The Kier molecular flexibility index (Phi) is 2.38. The quantitative estimate of drug-likeness (QED) is 0.766. The van der Waals surface area contributed by atoms with Gasteiger partial charge in [0.25, 0.3) is 0 Å². The molecule has 0 atom stereocenters. The van der Waals surface area contributed by atoms with Crippen LogP contribution in [0.1, 0.15) is 29.5 Å². The Balaban J connectivity index is 2.65. The van der Waals surface area contributed by atoms with Gasteiger partial charge >= 0.3 is 0 Å². The zero-order chi connectivity index (χ0) is 11.9. The number of halogens is 1. The van der Waals surface area contributed by atoms with Crippen LogP contribution in [-0.4, -0.2) is 7.11 Å². The van der Waals surface area contributed by atoms with E-state index in [1.54, 1.807) is 13.0 Å². The number of hydrogen-bond donors (Lipinski definition) is 0. The third kappa shape index (κ3) is 1.37. The molecule has 2 nitrogen and oxygen atoms in total. The summed E-state index contributed by atoms with van der Waals surface area (Å²) in [5, 5.41) is 9.17. The molecular weight excluding hydrogens is 205 g/mol. The van der Waals surface area contributed by atoms with E-state index in [9.17, 15) is 9.65 Å². The Morgan fingerprint density at radius 1 is 1.44 bits per heavy atom. The lowest BCUT2D eigenvalue weighted by Gasteiger charge is -2.16. The van der Waals surface area contributed by atoms with Crippen molar-refractivity contribution >= 4 is 0 Å². The van der Waals surface area contributed by atoms with E-state index < -0.39 is 5.41 Å². The van der Waals surface area contributed by atoms with Gasteiger partial charge in [0.1, 0.15) is 0 Å². The largest absolute Gasteiger partial charge is 0.493 e. The fourth-order valence-corrected chi connectivity index (χ4v) is 2.16. The van der Waals surface area contributed by atoms with Crippen molar-refractivity contribution in [3.8, 4) is 11.8 Å². The normalized spacial score (nSPS) is 16.7. The van der Waals surface area contributed by atoms with Crippen molar-refractivity contribution in [2.45, 2.75) is 32.1 Å². The number of ether oxygens (including phenoxy) is 1. The Morgan fingerprint density at radius 2 is 2.06 bits per heavy atom. The highest BCUT2D eigenvalue weighted by molar-refractivity contribution is 5.52. The Morgan fingerprint density at radius 3 is 2.50 bits per heavy atom. The second-order valence-corrected chi connectivity index (χ2v) is 4.41. The first-order valence-corrected chi connectivity index (χ1v) is 5.31. The van der Waals surface area contributed by atoms with E-state index in [1.807, 2.05) is 6.92 Å². The second kappa shape index (κ2) is 3.48. The van der Waals surface area contributed by atoms with Gasteiger partial charge in [0.15, 0.2) is 11.6 Å². The Hall–Kier alpha value is -1.56. The van der Waals surface area contributed by atoms with Crippen LogP contribution < -0.4 is 4.74 Å². The molecule has 1 saturated carbocycles. The summed E-state index contributed by atoms with van der Waals surface area (Å²) < 4.78 is 18.8. The third-order valence-electron chi connectivity index (χ3n) is 3.33. The highest BCUT2D eigenvalue weighted by Gasteiger charge is 2.46. The summed E-state index contributed by atoms with van der Waals surface area (Å²) in [6.07, 6.45) is 1.72. The van der Waals surface area contributed by atoms with Crippen LogP contribution >= 0.6 is 0 Å². The summed E-state index contributed by atoms with van der Waals surface area (Å²) in [6.45, 7) is 3.52. The molecule has 0 aliphatic heterocycles. The summed E-state index contributed by atoms with van der Waals surface area (Å²) >= 11 is 0. The Labute approximate surface area is 94.7 Å². The van der Waals surface area contributed by atoms with Gasteiger partial charge in [-0.3, -0.25) is 0 Å². The molecule has 3 heteroatoms. The van der Waals surface area contributed by atoms with E-state index in [0.29, 0.717) is 5.56 Å². The number of benzene rings is 1. The molecule has 2 rings (SSSR count). The maximum absolute atomic E-state index is 13.7. The van der Waals surface area contributed by atoms with Gasteiger partial charge in [-0.05, 0) is 43.4 Å². The van der Waals surface area contributed by atoms with Gasteiger partial charge in [-0.15, -0.1) is 0 Å². The summed E-state index contributed by atoms with van der Waals surface area (Å²) in [7, 11) is 1.46. The number of methoxy groups -OCH3 is 1. The molecule has 0 heterocycles. The molecule has 0 N–H and O–H groups in total. The lowest BCUT2D eigenvalue weighted by Crippen LogP contribution is -2.08. The predicted octanol–water partition coefficient (Wildman–Crippen LogP) is 3.01. The first-order valence-electron chi connectivity index (χ1n) is 5.31. The smallest absolute Gasteiger partial charge is 0.168 e. The van der Waals surface area contributed by atoms with Gasteiger partial charge in [0.2, 0.25) is 0 Å². The van der Waals surface area contributed by atoms with Gasteiger partial charge in [-0.2, -0.15) is 5.26 Å². The van der Waals surface area contributed by atoms with Crippen molar-refractivity contribution in [1.82, 2.24) is 0 Å². The summed E-state index contributed by atoms with van der Waals surface area (Å²) in [5.74, 6) is -0.0472. The fourth-order valence-electron chi connectivity index (χ4n) is 2.16. The van der Waals surface area contributed by atoms with Crippen molar-refractivity contribution in [3.05, 3.63) is 28.6 Å². The van der Waals surface area contributed by atoms with Crippen LogP contribution in [0.2, 0.25) is 0 Å². The molecule has 84 valence electrons. The lowest BCUT2D eigenvalue weighted by molar-refractivity contribution is 0.381. The molecule has 1 fully saturated rings. The van der Waals surface area contributed by atoms with Crippen molar-refractivity contribution < 1.29 is 9.13 Å². The van der Waals surface area contributed by atoms with Crippen LogP contribution in [0.15, 0.2) is 6.07 Å². The average Bonchev–Trinajstić information content (AvgIpc) is 3.05. The van der Waals surface area contributed by atoms with E-state index >= 15 is 0 Å². The van der Waals surface area contributed by atoms with E-state index in [2.05, 4.69) is 6.07 Å². The minimum atomic E-state index is -0.393. The zero-order valence-electron chi connectivity index (χ0n) is 9.72. The Bertz CT molecular complexity index is 484. The molecule has 16 heavy (non-hydrogen) atoms. The van der Waals surface area contributed by atoms with Crippen molar-refractivity contribution in [3.63, 3.8) is 0 Å². The van der Waals surface area contributed by atoms with Gasteiger partial charge in [-0.1, -0.05) is 6.07 Å². The SMILES string of the molecule is COc1c(C)c(C2(C#N)CC2)cc(C)c1F. The topological polar surface area (TPSA) is 33.0 Å². The van der Waals surface area contributed by atoms with Crippen LogP contribution in [0.4, 0.5) is 4.39 Å². The molecule has 1 aromatic rings. The molecule has 0 amide bonds. The first-order chi connectivity index (χ1) is 7.55. The second-order valence-electron chi connectivity index (χ2n) is 4.41.